The predicted molar refractivity (Wildman–Crippen MR) is 68.3 cm³/mol. The fourth-order valence-electron chi connectivity index (χ4n) is 2.82. The Hall–Kier alpha value is -0.370. The van der Waals surface area contributed by atoms with Crippen LogP contribution in [0.25, 0.3) is 0 Å². The van der Waals surface area contributed by atoms with Crippen LogP contribution < -0.4 is 5.73 Å². The average molecular weight is 225 g/mol. The number of hydrogen-bond donors (Lipinski definition) is 1. The van der Waals surface area contributed by atoms with Crippen molar-refractivity contribution in [3.63, 3.8) is 0 Å². The molecular formula is C14H27NO. The maximum absolute atomic E-state index is 11.7. The Morgan fingerprint density at radius 3 is 2.44 bits per heavy atom. The number of carbonyl (C=O) groups is 1. The Morgan fingerprint density at radius 2 is 1.94 bits per heavy atom. The second-order valence-electron chi connectivity index (χ2n) is 5.52. The summed E-state index contributed by atoms with van der Waals surface area (Å²) in [6.45, 7) is 3.82. The number of Topliss-reactive ketones (excluding diaryl/α,β-unsaturated/α-hetero) is 1. The molecule has 0 aromatic rings. The van der Waals surface area contributed by atoms with Gasteiger partial charge in [-0.3, -0.25) is 4.79 Å². The molecule has 94 valence electrons. The number of hydrogen-bond acceptors (Lipinski definition) is 2. The fourth-order valence-corrected chi connectivity index (χ4v) is 2.82. The third-order valence-corrected chi connectivity index (χ3v) is 4.06. The summed E-state index contributed by atoms with van der Waals surface area (Å²) in [5.41, 5.74) is 5.78. The van der Waals surface area contributed by atoms with Crippen LogP contribution in [0.2, 0.25) is 0 Å². The van der Waals surface area contributed by atoms with Gasteiger partial charge < -0.3 is 5.73 Å². The van der Waals surface area contributed by atoms with E-state index in [-0.39, 0.29) is 5.78 Å². The first kappa shape index (κ1) is 13.7. The van der Waals surface area contributed by atoms with Crippen molar-refractivity contribution in [2.24, 2.45) is 11.7 Å². The molecule has 0 aliphatic heterocycles. The molecule has 2 nitrogen and oxygen atoms in total. The van der Waals surface area contributed by atoms with Gasteiger partial charge in [0.05, 0.1) is 5.54 Å². The molecule has 1 aliphatic rings. The zero-order valence-electron chi connectivity index (χ0n) is 10.9. The fraction of sp³-hybridized carbons (Fsp3) is 0.929. The van der Waals surface area contributed by atoms with Gasteiger partial charge in [-0.1, -0.05) is 51.9 Å². The SMILES string of the molecule is CCCCC(N)(CC1CCCCC1)C(C)=O. The topological polar surface area (TPSA) is 43.1 Å². The van der Waals surface area contributed by atoms with E-state index in [0.29, 0.717) is 5.92 Å². The Balaban J connectivity index is 2.51. The lowest BCUT2D eigenvalue weighted by atomic mass is 9.76. The van der Waals surface area contributed by atoms with E-state index in [4.69, 9.17) is 5.73 Å². The van der Waals surface area contributed by atoms with Crippen molar-refractivity contribution in [1.82, 2.24) is 0 Å². The van der Waals surface area contributed by atoms with E-state index < -0.39 is 5.54 Å². The minimum Gasteiger partial charge on any atom is -0.319 e. The van der Waals surface area contributed by atoms with Gasteiger partial charge in [0.25, 0.3) is 0 Å². The van der Waals surface area contributed by atoms with Gasteiger partial charge in [-0.25, -0.2) is 0 Å². The van der Waals surface area contributed by atoms with Gasteiger partial charge in [0, 0.05) is 0 Å². The van der Waals surface area contributed by atoms with Crippen molar-refractivity contribution in [1.29, 1.82) is 0 Å². The summed E-state index contributed by atoms with van der Waals surface area (Å²) in [6, 6.07) is 0. The van der Waals surface area contributed by atoms with Crippen LogP contribution in [0.1, 0.15) is 71.6 Å². The summed E-state index contributed by atoms with van der Waals surface area (Å²) in [4.78, 5) is 11.7. The molecule has 0 heterocycles. The van der Waals surface area contributed by atoms with E-state index in [2.05, 4.69) is 6.92 Å². The van der Waals surface area contributed by atoms with E-state index in [1.54, 1.807) is 6.92 Å². The van der Waals surface area contributed by atoms with Crippen molar-refractivity contribution >= 4 is 5.78 Å². The van der Waals surface area contributed by atoms with Gasteiger partial charge in [-0.15, -0.1) is 0 Å². The second kappa shape index (κ2) is 6.39. The average Bonchev–Trinajstić information content (AvgIpc) is 2.27. The number of nitrogens with two attached hydrogens (primary N) is 1. The number of unbranched alkanes of at least 4 members (excludes halogenated alkanes) is 1. The maximum atomic E-state index is 11.7. The first-order valence-electron chi connectivity index (χ1n) is 6.88. The molecule has 16 heavy (non-hydrogen) atoms. The molecule has 0 bridgehead atoms. The van der Waals surface area contributed by atoms with Crippen molar-refractivity contribution < 1.29 is 4.79 Å². The molecule has 2 N–H and O–H groups in total. The minimum atomic E-state index is -0.530. The standard InChI is InChI=1S/C14H27NO/c1-3-4-10-14(15,12(2)16)11-13-8-6-5-7-9-13/h13H,3-11,15H2,1-2H3. The summed E-state index contributed by atoms with van der Waals surface area (Å²) in [6.07, 6.45) is 10.6. The van der Waals surface area contributed by atoms with E-state index in [9.17, 15) is 4.79 Å². The molecule has 0 saturated heterocycles. The quantitative estimate of drug-likeness (QED) is 0.752. The van der Waals surface area contributed by atoms with Gasteiger partial charge in [-0.2, -0.15) is 0 Å². The summed E-state index contributed by atoms with van der Waals surface area (Å²) in [5.74, 6) is 0.881. The highest BCUT2D eigenvalue weighted by molar-refractivity contribution is 5.85. The molecule has 0 aromatic carbocycles. The van der Waals surface area contributed by atoms with Gasteiger partial charge >= 0.3 is 0 Å². The highest BCUT2D eigenvalue weighted by Crippen LogP contribution is 2.32. The predicted octanol–water partition coefficient (Wildman–Crippen LogP) is 3.43. The Morgan fingerprint density at radius 1 is 1.31 bits per heavy atom. The molecule has 1 rings (SSSR count). The van der Waals surface area contributed by atoms with E-state index in [1.165, 1.54) is 32.1 Å². The molecule has 1 saturated carbocycles. The molecule has 1 atom stereocenters. The van der Waals surface area contributed by atoms with E-state index in [0.717, 1.165) is 25.7 Å². The summed E-state index contributed by atoms with van der Waals surface area (Å²) in [5, 5.41) is 0. The molecule has 1 fully saturated rings. The van der Waals surface area contributed by atoms with E-state index >= 15 is 0 Å². The largest absolute Gasteiger partial charge is 0.319 e. The molecular weight excluding hydrogens is 198 g/mol. The molecule has 0 radical (unpaired) electrons. The number of rotatable bonds is 6. The lowest BCUT2D eigenvalue weighted by Gasteiger charge is -2.33. The molecule has 2 heteroatoms. The molecule has 1 aliphatic carbocycles. The van der Waals surface area contributed by atoms with Crippen molar-refractivity contribution in [3.05, 3.63) is 0 Å². The Kier molecular flexibility index (Phi) is 5.47. The number of ketones is 1. The van der Waals surface area contributed by atoms with E-state index in [1.807, 2.05) is 0 Å². The van der Waals surface area contributed by atoms with Crippen LogP contribution in [0, 0.1) is 5.92 Å². The normalized spacial score (nSPS) is 21.7. The van der Waals surface area contributed by atoms with Crippen molar-refractivity contribution in [3.8, 4) is 0 Å². The third-order valence-electron chi connectivity index (χ3n) is 4.06. The van der Waals surface area contributed by atoms with Crippen LogP contribution in [0.3, 0.4) is 0 Å². The van der Waals surface area contributed by atoms with Crippen LogP contribution >= 0.6 is 0 Å². The number of carbonyl (C=O) groups excluding carboxylic acids is 1. The summed E-state index contributed by atoms with van der Waals surface area (Å²) < 4.78 is 0. The smallest absolute Gasteiger partial charge is 0.149 e. The van der Waals surface area contributed by atoms with Gasteiger partial charge in [-0.05, 0) is 25.7 Å². The Labute approximate surface area is 100.0 Å². The summed E-state index contributed by atoms with van der Waals surface area (Å²) >= 11 is 0. The van der Waals surface area contributed by atoms with Crippen molar-refractivity contribution in [2.45, 2.75) is 77.2 Å². The highest BCUT2D eigenvalue weighted by Gasteiger charge is 2.33. The highest BCUT2D eigenvalue weighted by atomic mass is 16.1. The first-order valence-corrected chi connectivity index (χ1v) is 6.88. The van der Waals surface area contributed by atoms with Crippen LogP contribution in [-0.2, 0) is 4.79 Å². The van der Waals surface area contributed by atoms with Crippen LogP contribution in [0.5, 0.6) is 0 Å². The zero-order valence-corrected chi connectivity index (χ0v) is 10.9. The van der Waals surface area contributed by atoms with Crippen LogP contribution in [0.4, 0.5) is 0 Å². The lowest BCUT2D eigenvalue weighted by Crippen LogP contribution is -2.48. The monoisotopic (exact) mass is 225 g/mol. The Bertz CT molecular complexity index is 221. The van der Waals surface area contributed by atoms with Crippen molar-refractivity contribution in [2.75, 3.05) is 0 Å². The summed E-state index contributed by atoms with van der Waals surface area (Å²) in [7, 11) is 0. The van der Waals surface area contributed by atoms with Gasteiger partial charge in [0.15, 0.2) is 0 Å². The molecule has 0 amide bonds. The van der Waals surface area contributed by atoms with Gasteiger partial charge in [0.1, 0.15) is 5.78 Å². The zero-order chi connectivity index (χ0) is 12.0. The van der Waals surface area contributed by atoms with Crippen LogP contribution in [0.15, 0.2) is 0 Å². The third kappa shape index (κ3) is 3.89. The van der Waals surface area contributed by atoms with Crippen LogP contribution in [-0.4, -0.2) is 11.3 Å². The maximum Gasteiger partial charge on any atom is 0.149 e. The lowest BCUT2D eigenvalue weighted by molar-refractivity contribution is -0.123. The second-order valence-corrected chi connectivity index (χ2v) is 5.52. The first-order chi connectivity index (χ1) is 7.58. The molecule has 1 unspecified atom stereocenters. The minimum absolute atomic E-state index is 0.187. The molecule has 0 spiro atoms. The molecule has 0 aromatic heterocycles. The van der Waals surface area contributed by atoms with Gasteiger partial charge in [0.2, 0.25) is 0 Å².